The molecule has 0 atom stereocenters. The van der Waals surface area contributed by atoms with Crippen molar-refractivity contribution in [2.24, 2.45) is 5.92 Å². The molecule has 21 heavy (non-hydrogen) atoms. The van der Waals surface area contributed by atoms with Gasteiger partial charge in [-0.2, -0.15) is 0 Å². The predicted molar refractivity (Wildman–Crippen MR) is 81.9 cm³/mol. The molecule has 114 valence electrons. The zero-order valence-electron chi connectivity index (χ0n) is 12.5. The summed E-state index contributed by atoms with van der Waals surface area (Å²) in [5, 5.41) is 14.8. The third-order valence-electron chi connectivity index (χ3n) is 3.97. The summed E-state index contributed by atoms with van der Waals surface area (Å²) in [7, 11) is 0. The molecule has 5 nitrogen and oxygen atoms in total. The number of carbonyl (C=O) groups is 2. The molecule has 0 unspecified atom stereocenters. The highest BCUT2D eigenvalue weighted by Gasteiger charge is 2.18. The first kappa shape index (κ1) is 15.4. The van der Waals surface area contributed by atoms with Gasteiger partial charge in [0.05, 0.1) is 11.3 Å². The third kappa shape index (κ3) is 3.97. The molecule has 2 rings (SSSR count). The van der Waals surface area contributed by atoms with Crippen molar-refractivity contribution in [3.63, 3.8) is 0 Å². The second-order valence-corrected chi connectivity index (χ2v) is 5.80. The summed E-state index contributed by atoms with van der Waals surface area (Å²) < 4.78 is 0. The van der Waals surface area contributed by atoms with Gasteiger partial charge in [0.25, 0.3) is 0 Å². The number of hydrogen-bond donors (Lipinski definition) is 3. The Morgan fingerprint density at radius 2 is 1.90 bits per heavy atom. The van der Waals surface area contributed by atoms with Gasteiger partial charge < -0.3 is 15.7 Å². The van der Waals surface area contributed by atoms with Gasteiger partial charge in [-0.1, -0.05) is 18.9 Å². The van der Waals surface area contributed by atoms with Crippen molar-refractivity contribution < 1.29 is 14.7 Å². The highest BCUT2D eigenvalue weighted by atomic mass is 16.4. The minimum Gasteiger partial charge on any atom is -0.478 e. The average Bonchev–Trinajstić information content (AvgIpc) is 2.92. The topological polar surface area (TPSA) is 78.4 Å². The van der Waals surface area contributed by atoms with E-state index < -0.39 is 5.97 Å². The van der Waals surface area contributed by atoms with Crippen molar-refractivity contribution in [1.29, 1.82) is 0 Å². The van der Waals surface area contributed by atoms with Gasteiger partial charge in [-0.3, -0.25) is 0 Å². The Kier molecular flexibility index (Phi) is 4.83. The smallest absolute Gasteiger partial charge is 0.337 e. The number of aromatic carboxylic acids is 1. The molecule has 0 saturated heterocycles. The fraction of sp³-hybridized carbons (Fsp3) is 0.500. The molecule has 1 saturated carbocycles. The Balaban J connectivity index is 2.04. The summed E-state index contributed by atoms with van der Waals surface area (Å²) in [4.78, 5) is 23.3. The number of urea groups is 1. The van der Waals surface area contributed by atoms with Crippen LogP contribution in [0.5, 0.6) is 0 Å². The van der Waals surface area contributed by atoms with Crippen LogP contribution in [-0.2, 0) is 0 Å². The largest absolute Gasteiger partial charge is 0.478 e. The van der Waals surface area contributed by atoms with Crippen LogP contribution in [0.1, 0.15) is 47.2 Å². The van der Waals surface area contributed by atoms with Crippen molar-refractivity contribution in [2.75, 3.05) is 11.9 Å². The number of benzene rings is 1. The zero-order chi connectivity index (χ0) is 15.4. The molecule has 2 amide bonds. The summed E-state index contributed by atoms with van der Waals surface area (Å²) in [5.74, 6) is -0.485. The van der Waals surface area contributed by atoms with Crippen molar-refractivity contribution >= 4 is 17.7 Å². The van der Waals surface area contributed by atoms with E-state index in [1.807, 2.05) is 13.0 Å². The van der Waals surface area contributed by atoms with Gasteiger partial charge in [0.1, 0.15) is 0 Å². The second-order valence-electron chi connectivity index (χ2n) is 5.80. The number of amides is 2. The highest BCUT2D eigenvalue weighted by Crippen LogP contribution is 2.24. The quantitative estimate of drug-likeness (QED) is 0.796. The summed E-state index contributed by atoms with van der Waals surface area (Å²) >= 11 is 0. The number of aryl methyl sites for hydroxylation is 2. The van der Waals surface area contributed by atoms with Gasteiger partial charge in [-0.05, 0) is 49.8 Å². The normalized spacial score (nSPS) is 15.0. The Morgan fingerprint density at radius 3 is 2.52 bits per heavy atom. The van der Waals surface area contributed by atoms with Gasteiger partial charge in [0.2, 0.25) is 0 Å². The fourth-order valence-corrected chi connectivity index (χ4v) is 2.91. The lowest BCUT2D eigenvalue weighted by Crippen LogP contribution is -2.33. The van der Waals surface area contributed by atoms with Crippen LogP contribution in [0.15, 0.2) is 12.1 Å². The molecule has 1 aromatic carbocycles. The first-order chi connectivity index (χ1) is 9.97. The van der Waals surface area contributed by atoms with Gasteiger partial charge in [0.15, 0.2) is 0 Å². The lowest BCUT2D eigenvalue weighted by atomic mass is 10.0. The van der Waals surface area contributed by atoms with E-state index >= 15 is 0 Å². The third-order valence-corrected chi connectivity index (χ3v) is 3.97. The molecule has 3 N–H and O–H groups in total. The summed E-state index contributed by atoms with van der Waals surface area (Å²) in [6.45, 7) is 4.29. The van der Waals surface area contributed by atoms with Gasteiger partial charge in [-0.25, -0.2) is 9.59 Å². The van der Waals surface area contributed by atoms with Gasteiger partial charge in [-0.15, -0.1) is 0 Å². The van der Waals surface area contributed by atoms with E-state index in [9.17, 15) is 14.7 Å². The average molecular weight is 290 g/mol. The minimum absolute atomic E-state index is 0.128. The van der Waals surface area contributed by atoms with Crippen LogP contribution in [0, 0.1) is 19.8 Å². The van der Waals surface area contributed by atoms with E-state index in [4.69, 9.17) is 0 Å². The van der Waals surface area contributed by atoms with Crippen LogP contribution in [0.25, 0.3) is 0 Å². The number of carboxylic acids is 1. The minimum atomic E-state index is -1.03. The maximum Gasteiger partial charge on any atom is 0.337 e. The SMILES string of the molecule is Cc1cc(C)c(NC(=O)NCC2CCCC2)c(C(=O)O)c1. The molecular formula is C16H22N2O3. The molecule has 1 aliphatic rings. The second kappa shape index (κ2) is 6.61. The predicted octanol–water partition coefficient (Wildman–Crippen LogP) is 3.31. The molecular weight excluding hydrogens is 268 g/mol. The molecule has 0 aromatic heterocycles. The number of hydrogen-bond acceptors (Lipinski definition) is 2. The molecule has 1 aliphatic carbocycles. The zero-order valence-corrected chi connectivity index (χ0v) is 12.5. The van der Waals surface area contributed by atoms with E-state index in [0.29, 0.717) is 18.2 Å². The molecule has 1 fully saturated rings. The molecule has 1 aromatic rings. The van der Waals surface area contributed by atoms with Crippen molar-refractivity contribution in [3.8, 4) is 0 Å². The first-order valence-electron chi connectivity index (χ1n) is 7.36. The maximum atomic E-state index is 12.0. The number of rotatable bonds is 4. The van der Waals surface area contributed by atoms with Crippen molar-refractivity contribution in [1.82, 2.24) is 5.32 Å². The fourth-order valence-electron chi connectivity index (χ4n) is 2.91. The number of carbonyl (C=O) groups excluding carboxylic acids is 1. The number of carboxylic acid groups (broad SMARTS) is 1. The standard InChI is InChI=1S/C16H22N2O3/c1-10-7-11(2)14(13(8-10)15(19)20)18-16(21)17-9-12-5-3-4-6-12/h7-8,12H,3-6,9H2,1-2H3,(H,19,20)(H2,17,18,21). The highest BCUT2D eigenvalue weighted by molar-refractivity contribution is 6.01. The van der Waals surface area contributed by atoms with E-state index in [1.165, 1.54) is 12.8 Å². The van der Waals surface area contributed by atoms with Crippen molar-refractivity contribution in [2.45, 2.75) is 39.5 Å². The monoisotopic (exact) mass is 290 g/mol. The van der Waals surface area contributed by atoms with Crippen LogP contribution in [0.2, 0.25) is 0 Å². The Bertz CT molecular complexity index is 549. The van der Waals surface area contributed by atoms with E-state index in [0.717, 1.165) is 24.0 Å². The van der Waals surface area contributed by atoms with E-state index in [1.54, 1.807) is 13.0 Å². The number of nitrogens with one attached hydrogen (secondary N) is 2. The van der Waals surface area contributed by atoms with Crippen LogP contribution in [0.3, 0.4) is 0 Å². The molecule has 5 heteroatoms. The Labute approximate surface area is 124 Å². The van der Waals surface area contributed by atoms with Gasteiger partial charge >= 0.3 is 12.0 Å². The Hall–Kier alpha value is -2.04. The first-order valence-corrected chi connectivity index (χ1v) is 7.36. The lowest BCUT2D eigenvalue weighted by molar-refractivity contribution is 0.0698. The maximum absolute atomic E-state index is 12.0. The lowest BCUT2D eigenvalue weighted by Gasteiger charge is -2.15. The molecule has 0 spiro atoms. The molecule has 0 heterocycles. The molecule has 0 radical (unpaired) electrons. The van der Waals surface area contributed by atoms with Crippen LogP contribution < -0.4 is 10.6 Å². The van der Waals surface area contributed by atoms with E-state index in [2.05, 4.69) is 10.6 Å². The Morgan fingerprint density at radius 1 is 1.24 bits per heavy atom. The molecule has 0 bridgehead atoms. The number of anilines is 1. The van der Waals surface area contributed by atoms with Crippen LogP contribution in [-0.4, -0.2) is 23.7 Å². The van der Waals surface area contributed by atoms with Gasteiger partial charge in [0, 0.05) is 6.54 Å². The summed E-state index contributed by atoms with van der Waals surface area (Å²) in [5.41, 5.74) is 2.12. The van der Waals surface area contributed by atoms with Crippen LogP contribution >= 0.6 is 0 Å². The molecule has 0 aliphatic heterocycles. The van der Waals surface area contributed by atoms with E-state index in [-0.39, 0.29) is 11.6 Å². The van der Waals surface area contributed by atoms with Crippen LogP contribution in [0.4, 0.5) is 10.5 Å². The summed E-state index contributed by atoms with van der Waals surface area (Å²) in [6.07, 6.45) is 4.77. The summed E-state index contributed by atoms with van der Waals surface area (Å²) in [6, 6.07) is 3.09. The van der Waals surface area contributed by atoms with Crippen molar-refractivity contribution in [3.05, 3.63) is 28.8 Å².